The van der Waals surface area contributed by atoms with Gasteiger partial charge in [0.05, 0.1) is 6.54 Å². The van der Waals surface area contributed by atoms with E-state index in [0.29, 0.717) is 32.2 Å². The molecule has 6 nitrogen and oxygen atoms in total. The lowest BCUT2D eigenvalue weighted by Crippen LogP contribution is -2.55. The van der Waals surface area contributed by atoms with E-state index >= 15 is 0 Å². The van der Waals surface area contributed by atoms with Crippen LogP contribution >= 0.6 is 0 Å². The fourth-order valence-corrected chi connectivity index (χ4v) is 2.59. The summed E-state index contributed by atoms with van der Waals surface area (Å²) in [5.74, 6) is -0.0842. The van der Waals surface area contributed by atoms with Gasteiger partial charge in [0, 0.05) is 32.2 Å². The van der Waals surface area contributed by atoms with Crippen molar-refractivity contribution in [2.75, 3.05) is 32.7 Å². The van der Waals surface area contributed by atoms with Gasteiger partial charge in [0.15, 0.2) is 0 Å². The number of carbonyl (C=O) groups excluding carboxylic acids is 1. The van der Waals surface area contributed by atoms with Gasteiger partial charge < -0.3 is 15.3 Å². The van der Waals surface area contributed by atoms with E-state index < -0.39 is 5.97 Å². The van der Waals surface area contributed by atoms with Crippen molar-refractivity contribution in [1.82, 2.24) is 15.1 Å². The van der Waals surface area contributed by atoms with Gasteiger partial charge in [-0.25, -0.2) is 4.79 Å². The zero-order chi connectivity index (χ0) is 13.1. The number of carbonyl (C=O) groups is 2. The van der Waals surface area contributed by atoms with Crippen molar-refractivity contribution in [3.63, 3.8) is 0 Å². The average molecular weight is 255 g/mol. The lowest BCUT2D eigenvalue weighted by molar-refractivity contribution is -0.138. The highest BCUT2D eigenvalue weighted by molar-refractivity contribution is 5.75. The van der Waals surface area contributed by atoms with E-state index in [4.69, 9.17) is 5.11 Å². The fraction of sp³-hybridized carbons (Fsp3) is 0.833. The monoisotopic (exact) mass is 255 g/mol. The lowest BCUT2D eigenvalue weighted by Gasteiger charge is -2.38. The number of amides is 2. The van der Waals surface area contributed by atoms with Crippen LogP contribution in [0, 0.1) is 5.92 Å². The SMILES string of the molecule is CC1CC(NC(=O)N2CCN(CC(=O)O)CC2)C1. The molecule has 2 aliphatic rings. The molecule has 102 valence electrons. The predicted molar refractivity (Wildman–Crippen MR) is 66.4 cm³/mol. The molecule has 0 aromatic heterocycles. The van der Waals surface area contributed by atoms with E-state index in [2.05, 4.69) is 12.2 Å². The van der Waals surface area contributed by atoms with E-state index in [-0.39, 0.29) is 12.6 Å². The van der Waals surface area contributed by atoms with E-state index in [1.165, 1.54) is 0 Å². The van der Waals surface area contributed by atoms with Gasteiger partial charge in [-0.15, -0.1) is 0 Å². The zero-order valence-corrected chi connectivity index (χ0v) is 10.8. The van der Waals surface area contributed by atoms with E-state index in [9.17, 15) is 9.59 Å². The standard InChI is InChI=1S/C12H21N3O3/c1-9-6-10(7-9)13-12(18)15-4-2-14(3-5-15)8-11(16)17/h9-10H,2-8H2,1H3,(H,13,18)(H,16,17). The normalized spacial score (nSPS) is 28.6. The first-order chi connectivity index (χ1) is 8.54. The average Bonchev–Trinajstić information content (AvgIpc) is 2.27. The maximum atomic E-state index is 11.9. The number of carboxylic acid groups (broad SMARTS) is 1. The third-order valence-electron chi connectivity index (χ3n) is 3.72. The first-order valence-electron chi connectivity index (χ1n) is 6.54. The first-order valence-corrected chi connectivity index (χ1v) is 6.54. The highest BCUT2D eigenvalue weighted by atomic mass is 16.4. The highest BCUT2D eigenvalue weighted by Gasteiger charge is 2.29. The molecule has 1 saturated carbocycles. The summed E-state index contributed by atoms with van der Waals surface area (Å²) in [6.45, 7) is 4.76. The Labute approximate surface area is 107 Å². The Morgan fingerprint density at radius 3 is 2.33 bits per heavy atom. The molecule has 18 heavy (non-hydrogen) atoms. The summed E-state index contributed by atoms with van der Waals surface area (Å²) in [6.07, 6.45) is 2.15. The molecule has 0 spiro atoms. The van der Waals surface area contributed by atoms with E-state index in [1.807, 2.05) is 4.90 Å². The first kappa shape index (κ1) is 13.1. The maximum Gasteiger partial charge on any atom is 0.317 e. The molecule has 0 bridgehead atoms. The van der Waals surface area contributed by atoms with Gasteiger partial charge in [0.2, 0.25) is 0 Å². The molecule has 0 radical (unpaired) electrons. The van der Waals surface area contributed by atoms with Crippen LogP contribution < -0.4 is 5.32 Å². The van der Waals surface area contributed by atoms with Crippen LogP contribution in [0.2, 0.25) is 0 Å². The molecule has 2 fully saturated rings. The second-order valence-electron chi connectivity index (χ2n) is 5.38. The molecule has 0 aromatic carbocycles. The number of aliphatic carboxylic acids is 1. The topological polar surface area (TPSA) is 72.9 Å². The van der Waals surface area contributed by atoms with Crippen LogP contribution in [-0.2, 0) is 4.79 Å². The Morgan fingerprint density at radius 1 is 1.22 bits per heavy atom. The van der Waals surface area contributed by atoms with Gasteiger partial charge >= 0.3 is 12.0 Å². The quantitative estimate of drug-likeness (QED) is 0.755. The van der Waals surface area contributed by atoms with E-state index in [0.717, 1.165) is 18.8 Å². The van der Waals surface area contributed by atoms with Crippen molar-refractivity contribution in [3.8, 4) is 0 Å². The molecule has 1 saturated heterocycles. The van der Waals surface area contributed by atoms with Crippen molar-refractivity contribution in [3.05, 3.63) is 0 Å². The predicted octanol–water partition coefficient (Wildman–Crippen LogP) is 0.197. The third kappa shape index (κ3) is 3.35. The summed E-state index contributed by atoms with van der Waals surface area (Å²) < 4.78 is 0. The summed E-state index contributed by atoms with van der Waals surface area (Å²) in [5.41, 5.74) is 0. The lowest BCUT2D eigenvalue weighted by atomic mass is 9.82. The van der Waals surface area contributed by atoms with Gasteiger partial charge in [-0.1, -0.05) is 6.92 Å². The summed E-state index contributed by atoms with van der Waals surface area (Å²) in [4.78, 5) is 26.1. The van der Waals surface area contributed by atoms with Crippen LogP contribution in [0.1, 0.15) is 19.8 Å². The Balaban J connectivity index is 1.69. The number of rotatable bonds is 3. The number of piperazine rings is 1. The van der Waals surface area contributed by atoms with Gasteiger partial charge in [-0.3, -0.25) is 9.69 Å². The number of hydrogen-bond acceptors (Lipinski definition) is 3. The Morgan fingerprint density at radius 2 is 1.83 bits per heavy atom. The van der Waals surface area contributed by atoms with Crippen molar-refractivity contribution in [1.29, 1.82) is 0 Å². The third-order valence-corrected chi connectivity index (χ3v) is 3.72. The minimum Gasteiger partial charge on any atom is -0.480 e. The number of urea groups is 1. The minimum atomic E-state index is -0.809. The molecule has 2 N–H and O–H groups in total. The van der Waals surface area contributed by atoms with Crippen LogP contribution in [0.3, 0.4) is 0 Å². The van der Waals surface area contributed by atoms with Gasteiger partial charge in [0.25, 0.3) is 0 Å². The highest BCUT2D eigenvalue weighted by Crippen LogP contribution is 2.26. The van der Waals surface area contributed by atoms with E-state index in [1.54, 1.807) is 4.90 Å². The van der Waals surface area contributed by atoms with Crippen molar-refractivity contribution in [2.45, 2.75) is 25.8 Å². The molecule has 1 aliphatic heterocycles. The smallest absolute Gasteiger partial charge is 0.317 e. The summed E-state index contributed by atoms with van der Waals surface area (Å²) in [5, 5.41) is 11.7. The fourth-order valence-electron chi connectivity index (χ4n) is 2.59. The molecular weight excluding hydrogens is 234 g/mol. The van der Waals surface area contributed by atoms with Crippen LogP contribution in [-0.4, -0.2) is 65.7 Å². The zero-order valence-electron chi connectivity index (χ0n) is 10.8. The van der Waals surface area contributed by atoms with Crippen molar-refractivity contribution in [2.24, 2.45) is 5.92 Å². The molecule has 1 heterocycles. The van der Waals surface area contributed by atoms with Crippen LogP contribution in [0.15, 0.2) is 0 Å². The number of hydrogen-bond donors (Lipinski definition) is 2. The van der Waals surface area contributed by atoms with Gasteiger partial charge in [0.1, 0.15) is 0 Å². The summed E-state index contributed by atoms with van der Waals surface area (Å²) in [6, 6.07) is 0.339. The second kappa shape index (κ2) is 5.56. The molecule has 0 atom stereocenters. The van der Waals surface area contributed by atoms with Gasteiger partial charge in [-0.05, 0) is 18.8 Å². The number of nitrogens with one attached hydrogen (secondary N) is 1. The van der Waals surface area contributed by atoms with Crippen molar-refractivity contribution < 1.29 is 14.7 Å². The minimum absolute atomic E-state index is 0.00174. The molecular formula is C12H21N3O3. The molecule has 1 aliphatic carbocycles. The van der Waals surface area contributed by atoms with Crippen LogP contribution in [0.25, 0.3) is 0 Å². The molecule has 6 heteroatoms. The Bertz CT molecular complexity index is 321. The molecule has 2 amide bonds. The van der Waals surface area contributed by atoms with Gasteiger partial charge in [-0.2, -0.15) is 0 Å². The summed E-state index contributed by atoms with van der Waals surface area (Å²) >= 11 is 0. The summed E-state index contributed by atoms with van der Waals surface area (Å²) in [7, 11) is 0. The molecule has 0 unspecified atom stereocenters. The Kier molecular flexibility index (Phi) is 4.06. The number of carboxylic acids is 1. The number of nitrogens with zero attached hydrogens (tertiary/aromatic N) is 2. The van der Waals surface area contributed by atoms with Crippen molar-refractivity contribution >= 4 is 12.0 Å². The Hall–Kier alpha value is -1.30. The largest absolute Gasteiger partial charge is 0.480 e. The van der Waals surface area contributed by atoms with Crippen LogP contribution in [0.4, 0.5) is 4.79 Å². The maximum absolute atomic E-state index is 11.9. The molecule has 2 rings (SSSR count). The second-order valence-corrected chi connectivity index (χ2v) is 5.38. The molecule has 0 aromatic rings. The van der Waals surface area contributed by atoms with Crippen LogP contribution in [0.5, 0.6) is 0 Å².